The van der Waals surface area contributed by atoms with Crippen molar-refractivity contribution in [2.45, 2.75) is 13.3 Å². The van der Waals surface area contributed by atoms with E-state index >= 15 is 0 Å². The maximum Gasteiger partial charge on any atom is 0.132 e. The van der Waals surface area contributed by atoms with Crippen molar-refractivity contribution in [3.63, 3.8) is 0 Å². The fraction of sp³-hybridized carbons (Fsp3) is 0.333. The minimum absolute atomic E-state index is 0.961. The second-order valence-electron chi connectivity index (χ2n) is 2.32. The third-order valence-corrected chi connectivity index (χ3v) is 2.47. The first kappa shape index (κ1) is 8.84. The summed E-state index contributed by atoms with van der Waals surface area (Å²) in [7, 11) is 1.70. The number of ether oxygens (including phenoxy) is 1. The third kappa shape index (κ3) is 2.09. The van der Waals surface area contributed by atoms with Gasteiger partial charge in [0.05, 0.1) is 10.7 Å². The van der Waals surface area contributed by atoms with Crippen LogP contribution in [-0.2, 0) is 6.42 Å². The molecule has 0 heterocycles. The summed E-state index contributed by atoms with van der Waals surface area (Å²) < 4.78 is 6.32. The minimum atomic E-state index is 0.961. The predicted octanol–water partition coefficient (Wildman–Crippen LogP) is 2.86. The van der Waals surface area contributed by atoms with Crippen molar-refractivity contribution in [2.75, 3.05) is 7.11 Å². The molecule has 1 rings (SSSR count). The van der Waals surface area contributed by atoms with Gasteiger partial charge in [-0.05, 0) is 46.7 Å². The van der Waals surface area contributed by atoms with Crippen LogP contribution in [0, 0.1) is 3.57 Å². The molecule has 0 fully saturated rings. The van der Waals surface area contributed by atoms with Gasteiger partial charge in [0.25, 0.3) is 0 Å². The van der Waals surface area contributed by atoms with Crippen LogP contribution in [0.25, 0.3) is 0 Å². The molecule has 0 aromatic heterocycles. The van der Waals surface area contributed by atoms with E-state index in [9.17, 15) is 0 Å². The molecule has 0 aliphatic heterocycles. The van der Waals surface area contributed by atoms with E-state index in [1.165, 1.54) is 9.13 Å². The van der Waals surface area contributed by atoms with Crippen LogP contribution < -0.4 is 4.74 Å². The monoisotopic (exact) mass is 262 g/mol. The van der Waals surface area contributed by atoms with Gasteiger partial charge in [0, 0.05) is 0 Å². The molecule has 0 spiro atoms. The third-order valence-electron chi connectivity index (χ3n) is 1.62. The summed E-state index contributed by atoms with van der Waals surface area (Å²) in [6.45, 7) is 2.15. The molecule has 0 saturated heterocycles. The summed E-state index contributed by atoms with van der Waals surface area (Å²) in [6.07, 6.45) is 1.08. The Kier molecular flexibility index (Phi) is 3.17. The Labute approximate surface area is 80.9 Å². The van der Waals surface area contributed by atoms with Crippen LogP contribution in [0.2, 0.25) is 0 Å². The fourth-order valence-corrected chi connectivity index (χ4v) is 1.73. The lowest BCUT2D eigenvalue weighted by molar-refractivity contribution is 0.411. The highest BCUT2D eigenvalue weighted by atomic mass is 127. The number of hydrogen-bond donors (Lipinski definition) is 0. The Morgan fingerprint density at radius 2 is 2.18 bits per heavy atom. The van der Waals surface area contributed by atoms with E-state index in [-0.39, 0.29) is 0 Å². The van der Waals surface area contributed by atoms with Crippen molar-refractivity contribution in [3.05, 3.63) is 27.3 Å². The molecular weight excluding hydrogens is 251 g/mol. The SMILES string of the molecule is CCc1ccc(OC)c(I)c1. The largest absolute Gasteiger partial charge is 0.496 e. The predicted molar refractivity (Wildman–Crippen MR) is 55.1 cm³/mol. The van der Waals surface area contributed by atoms with Crippen LogP contribution in [0.15, 0.2) is 18.2 Å². The van der Waals surface area contributed by atoms with Crippen molar-refractivity contribution in [1.82, 2.24) is 0 Å². The molecule has 0 aliphatic carbocycles. The van der Waals surface area contributed by atoms with Gasteiger partial charge in [-0.25, -0.2) is 0 Å². The van der Waals surface area contributed by atoms with Crippen molar-refractivity contribution in [1.29, 1.82) is 0 Å². The van der Waals surface area contributed by atoms with E-state index in [0.29, 0.717) is 0 Å². The molecule has 1 nitrogen and oxygen atoms in total. The zero-order valence-corrected chi connectivity index (χ0v) is 8.88. The maximum atomic E-state index is 5.14. The van der Waals surface area contributed by atoms with E-state index in [1.54, 1.807) is 7.11 Å². The topological polar surface area (TPSA) is 9.23 Å². The first-order valence-electron chi connectivity index (χ1n) is 3.60. The summed E-state index contributed by atoms with van der Waals surface area (Å²) in [5.74, 6) is 0.961. The summed E-state index contributed by atoms with van der Waals surface area (Å²) in [4.78, 5) is 0. The Morgan fingerprint density at radius 3 is 2.64 bits per heavy atom. The van der Waals surface area contributed by atoms with E-state index in [4.69, 9.17) is 4.74 Å². The molecule has 2 heteroatoms. The molecular formula is C9H11IO. The number of aryl methyl sites for hydroxylation is 1. The van der Waals surface area contributed by atoms with Gasteiger partial charge in [0.1, 0.15) is 5.75 Å². The van der Waals surface area contributed by atoms with Gasteiger partial charge in [0.15, 0.2) is 0 Å². The molecule has 0 unspecified atom stereocenters. The summed E-state index contributed by atoms with van der Waals surface area (Å²) in [6, 6.07) is 6.26. The summed E-state index contributed by atoms with van der Waals surface area (Å²) in [5.41, 5.74) is 1.36. The van der Waals surface area contributed by atoms with Crippen molar-refractivity contribution in [2.24, 2.45) is 0 Å². The molecule has 0 saturated carbocycles. The number of hydrogen-bond acceptors (Lipinski definition) is 1. The van der Waals surface area contributed by atoms with Crippen LogP contribution >= 0.6 is 22.6 Å². The number of rotatable bonds is 2. The first-order chi connectivity index (χ1) is 5.27. The quantitative estimate of drug-likeness (QED) is 0.744. The highest BCUT2D eigenvalue weighted by Crippen LogP contribution is 2.21. The fourth-order valence-electron chi connectivity index (χ4n) is 0.930. The molecule has 0 atom stereocenters. The normalized spacial score (nSPS) is 9.73. The Bertz CT molecular complexity index is 245. The zero-order chi connectivity index (χ0) is 8.27. The summed E-state index contributed by atoms with van der Waals surface area (Å²) in [5, 5.41) is 0. The second kappa shape index (κ2) is 3.95. The van der Waals surface area contributed by atoms with E-state index in [2.05, 4.69) is 41.6 Å². The van der Waals surface area contributed by atoms with Crippen molar-refractivity contribution in [3.8, 4) is 5.75 Å². The van der Waals surface area contributed by atoms with E-state index in [0.717, 1.165) is 12.2 Å². The minimum Gasteiger partial charge on any atom is -0.496 e. The number of methoxy groups -OCH3 is 1. The Balaban J connectivity index is 2.99. The molecule has 0 radical (unpaired) electrons. The second-order valence-corrected chi connectivity index (χ2v) is 3.48. The molecule has 1 aromatic carbocycles. The lowest BCUT2D eigenvalue weighted by Crippen LogP contribution is -1.88. The molecule has 60 valence electrons. The smallest absolute Gasteiger partial charge is 0.132 e. The van der Waals surface area contributed by atoms with Crippen molar-refractivity contribution >= 4 is 22.6 Å². The summed E-state index contributed by atoms with van der Waals surface area (Å²) >= 11 is 2.28. The average Bonchev–Trinajstić information content (AvgIpc) is 2.04. The first-order valence-corrected chi connectivity index (χ1v) is 4.68. The van der Waals surface area contributed by atoms with Crippen molar-refractivity contribution < 1.29 is 4.74 Å². The average molecular weight is 262 g/mol. The van der Waals surface area contributed by atoms with Gasteiger partial charge in [-0.2, -0.15) is 0 Å². The zero-order valence-electron chi connectivity index (χ0n) is 6.73. The number of benzene rings is 1. The van der Waals surface area contributed by atoms with Crippen LogP contribution in [0.5, 0.6) is 5.75 Å². The molecule has 0 N–H and O–H groups in total. The van der Waals surface area contributed by atoms with Gasteiger partial charge >= 0.3 is 0 Å². The van der Waals surface area contributed by atoms with Gasteiger partial charge in [-0.3, -0.25) is 0 Å². The van der Waals surface area contributed by atoms with Gasteiger partial charge < -0.3 is 4.74 Å². The molecule has 1 aromatic rings. The molecule has 0 bridgehead atoms. The van der Waals surface area contributed by atoms with Gasteiger partial charge in [0.2, 0.25) is 0 Å². The van der Waals surface area contributed by atoms with E-state index < -0.39 is 0 Å². The lowest BCUT2D eigenvalue weighted by Gasteiger charge is -2.03. The maximum absolute atomic E-state index is 5.14. The van der Waals surface area contributed by atoms with Gasteiger partial charge in [-0.15, -0.1) is 0 Å². The van der Waals surface area contributed by atoms with E-state index in [1.807, 2.05) is 6.07 Å². The van der Waals surface area contributed by atoms with Crippen LogP contribution in [-0.4, -0.2) is 7.11 Å². The van der Waals surface area contributed by atoms with Crippen LogP contribution in [0.3, 0.4) is 0 Å². The lowest BCUT2D eigenvalue weighted by atomic mass is 10.2. The Hall–Kier alpha value is -0.250. The highest BCUT2D eigenvalue weighted by Gasteiger charge is 1.98. The number of halogens is 1. The standard InChI is InChI=1S/C9H11IO/c1-3-7-4-5-9(11-2)8(10)6-7/h4-6H,3H2,1-2H3. The highest BCUT2D eigenvalue weighted by molar-refractivity contribution is 14.1. The molecule has 0 aliphatic rings. The van der Waals surface area contributed by atoms with Crippen LogP contribution in [0.4, 0.5) is 0 Å². The molecule has 0 amide bonds. The van der Waals surface area contributed by atoms with Gasteiger partial charge in [-0.1, -0.05) is 13.0 Å². The van der Waals surface area contributed by atoms with Crippen LogP contribution in [0.1, 0.15) is 12.5 Å². The Morgan fingerprint density at radius 1 is 1.45 bits per heavy atom. The molecule has 11 heavy (non-hydrogen) atoms.